The highest BCUT2D eigenvalue weighted by Gasteiger charge is 2.36. The third-order valence-corrected chi connectivity index (χ3v) is 2.46. The molecule has 17 heavy (non-hydrogen) atoms. The molecule has 1 fully saturated rings. The minimum absolute atomic E-state index is 0.307. The molecule has 0 aliphatic carbocycles. The van der Waals surface area contributed by atoms with Crippen LogP contribution in [0, 0.1) is 0 Å². The summed E-state index contributed by atoms with van der Waals surface area (Å²) in [5, 5.41) is 4.98. The van der Waals surface area contributed by atoms with Crippen molar-refractivity contribution in [2.24, 2.45) is 0 Å². The molecule has 1 unspecified atom stereocenters. The number of anilines is 2. The van der Waals surface area contributed by atoms with Crippen LogP contribution in [0.25, 0.3) is 0 Å². The normalized spacial score (nSPS) is 19.1. The second-order valence-corrected chi connectivity index (χ2v) is 3.66. The first-order chi connectivity index (χ1) is 8.13. The molecule has 6 heteroatoms. The lowest BCUT2D eigenvalue weighted by Gasteiger charge is -2.13. The Hall–Kier alpha value is -2.37. The van der Waals surface area contributed by atoms with Crippen LogP contribution in [0.3, 0.4) is 0 Å². The lowest BCUT2D eigenvalue weighted by molar-refractivity contribution is -0.118. The van der Waals surface area contributed by atoms with E-state index in [1.165, 1.54) is 0 Å². The maximum absolute atomic E-state index is 11.7. The van der Waals surface area contributed by atoms with Crippen LogP contribution >= 0.6 is 0 Å². The van der Waals surface area contributed by atoms with E-state index in [2.05, 4.69) is 10.6 Å². The van der Waals surface area contributed by atoms with Crippen molar-refractivity contribution in [3.05, 3.63) is 24.3 Å². The first-order valence-electron chi connectivity index (χ1n) is 5.08. The van der Waals surface area contributed by atoms with E-state index >= 15 is 0 Å². The van der Waals surface area contributed by atoms with Gasteiger partial charge >= 0.3 is 6.03 Å². The van der Waals surface area contributed by atoms with E-state index in [9.17, 15) is 14.4 Å². The van der Waals surface area contributed by atoms with Gasteiger partial charge in [0.25, 0.3) is 5.91 Å². The van der Waals surface area contributed by atoms with E-state index in [1.807, 2.05) is 0 Å². The lowest BCUT2D eigenvalue weighted by Crippen LogP contribution is -2.30. The molecule has 4 amide bonds. The van der Waals surface area contributed by atoms with Crippen molar-refractivity contribution in [1.29, 1.82) is 0 Å². The highest BCUT2D eigenvalue weighted by Crippen LogP contribution is 2.22. The summed E-state index contributed by atoms with van der Waals surface area (Å²) in [4.78, 5) is 34.7. The standard InChI is InChI=1S/C11H11N3O3/c1-7-10(16)14(11(17)13-7)9-4-2-3-8(5-9)12-6-15/h2-7H,1H3,(H,12,15)(H,13,17). The van der Waals surface area contributed by atoms with Crippen LogP contribution in [0.1, 0.15) is 6.92 Å². The van der Waals surface area contributed by atoms with Gasteiger partial charge < -0.3 is 10.6 Å². The van der Waals surface area contributed by atoms with E-state index in [-0.39, 0.29) is 5.91 Å². The molecular formula is C11H11N3O3. The van der Waals surface area contributed by atoms with Gasteiger partial charge in [-0.3, -0.25) is 9.59 Å². The van der Waals surface area contributed by atoms with Gasteiger partial charge in [-0.15, -0.1) is 0 Å². The van der Waals surface area contributed by atoms with Gasteiger partial charge in [0.15, 0.2) is 0 Å². The Balaban J connectivity index is 2.33. The molecule has 0 saturated carbocycles. The summed E-state index contributed by atoms with van der Waals surface area (Å²) < 4.78 is 0. The zero-order valence-electron chi connectivity index (χ0n) is 9.14. The summed E-state index contributed by atoms with van der Waals surface area (Å²) in [6.07, 6.45) is 0.535. The van der Waals surface area contributed by atoms with Gasteiger partial charge in [0.05, 0.1) is 5.69 Å². The molecule has 1 atom stereocenters. The van der Waals surface area contributed by atoms with Crippen LogP contribution in [0.15, 0.2) is 24.3 Å². The van der Waals surface area contributed by atoms with E-state index in [0.717, 1.165) is 4.90 Å². The number of urea groups is 1. The topological polar surface area (TPSA) is 78.5 Å². The van der Waals surface area contributed by atoms with Crippen molar-refractivity contribution in [2.45, 2.75) is 13.0 Å². The molecule has 0 bridgehead atoms. The molecule has 0 spiro atoms. The molecule has 2 N–H and O–H groups in total. The molecule has 6 nitrogen and oxygen atoms in total. The van der Waals surface area contributed by atoms with Crippen LogP contribution in [-0.2, 0) is 9.59 Å². The number of amides is 4. The van der Waals surface area contributed by atoms with Crippen LogP contribution in [-0.4, -0.2) is 24.4 Å². The van der Waals surface area contributed by atoms with Crippen LogP contribution in [0.4, 0.5) is 16.2 Å². The molecule has 1 aliphatic heterocycles. The van der Waals surface area contributed by atoms with Crippen molar-refractivity contribution >= 4 is 29.7 Å². The van der Waals surface area contributed by atoms with Crippen LogP contribution in [0.2, 0.25) is 0 Å². The summed E-state index contributed by atoms with van der Waals surface area (Å²) in [5.74, 6) is -0.307. The van der Waals surface area contributed by atoms with Gasteiger partial charge in [0.2, 0.25) is 6.41 Å². The van der Waals surface area contributed by atoms with Crippen molar-refractivity contribution in [3.8, 4) is 0 Å². The summed E-state index contributed by atoms with van der Waals surface area (Å²) in [5.41, 5.74) is 0.960. The molecule has 1 aromatic rings. The number of rotatable bonds is 3. The fourth-order valence-electron chi connectivity index (χ4n) is 1.65. The molecule has 1 heterocycles. The predicted octanol–water partition coefficient (Wildman–Crippen LogP) is 0.700. The van der Waals surface area contributed by atoms with Crippen LogP contribution in [0.5, 0.6) is 0 Å². The second kappa shape index (κ2) is 4.25. The Morgan fingerprint density at radius 3 is 2.76 bits per heavy atom. The summed E-state index contributed by atoms with van der Waals surface area (Å²) in [6, 6.07) is 5.54. The van der Waals surface area contributed by atoms with Gasteiger partial charge in [0.1, 0.15) is 6.04 Å². The Morgan fingerprint density at radius 1 is 1.41 bits per heavy atom. The Bertz CT molecular complexity index is 487. The molecule has 1 aliphatic rings. The van der Waals surface area contributed by atoms with E-state index in [4.69, 9.17) is 0 Å². The smallest absolute Gasteiger partial charge is 0.329 e. The molecule has 1 saturated heterocycles. The predicted molar refractivity (Wildman–Crippen MR) is 61.6 cm³/mol. The maximum atomic E-state index is 11.7. The molecule has 1 aromatic carbocycles. The van der Waals surface area contributed by atoms with E-state index < -0.39 is 12.1 Å². The second-order valence-electron chi connectivity index (χ2n) is 3.66. The number of carbonyl (C=O) groups excluding carboxylic acids is 3. The zero-order valence-corrected chi connectivity index (χ0v) is 9.14. The number of nitrogens with zero attached hydrogens (tertiary/aromatic N) is 1. The lowest BCUT2D eigenvalue weighted by atomic mass is 10.2. The van der Waals surface area contributed by atoms with Gasteiger partial charge in [-0.25, -0.2) is 9.69 Å². The fraction of sp³-hybridized carbons (Fsp3) is 0.182. The number of hydrogen-bond donors (Lipinski definition) is 2. The largest absolute Gasteiger partial charge is 0.329 e. The Labute approximate surface area is 97.6 Å². The van der Waals surface area contributed by atoms with Gasteiger partial charge in [0, 0.05) is 5.69 Å². The Kier molecular flexibility index (Phi) is 2.78. The van der Waals surface area contributed by atoms with Crippen molar-refractivity contribution in [2.75, 3.05) is 10.2 Å². The quantitative estimate of drug-likeness (QED) is 0.595. The number of nitrogens with one attached hydrogen (secondary N) is 2. The summed E-state index contributed by atoms with van der Waals surface area (Å²) in [6.45, 7) is 1.62. The highest BCUT2D eigenvalue weighted by molar-refractivity contribution is 6.21. The third kappa shape index (κ3) is 1.96. The fourth-order valence-corrected chi connectivity index (χ4v) is 1.65. The van der Waals surface area contributed by atoms with E-state index in [0.29, 0.717) is 17.8 Å². The number of hydrogen-bond acceptors (Lipinski definition) is 3. The Morgan fingerprint density at radius 2 is 2.18 bits per heavy atom. The highest BCUT2D eigenvalue weighted by atomic mass is 16.2. The maximum Gasteiger partial charge on any atom is 0.329 e. The molecule has 0 aromatic heterocycles. The molecule has 2 rings (SSSR count). The monoisotopic (exact) mass is 233 g/mol. The average molecular weight is 233 g/mol. The molecular weight excluding hydrogens is 222 g/mol. The minimum atomic E-state index is -0.523. The number of benzene rings is 1. The van der Waals surface area contributed by atoms with Crippen molar-refractivity contribution in [1.82, 2.24) is 5.32 Å². The third-order valence-electron chi connectivity index (χ3n) is 2.46. The number of carbonyl (C=O) groups is 3. The van der Waals surface area contributed by atoms with Gasteiger partial charge in [-0.05, 0) is 25.1 Å². The molecule has 0 radical (unpaired) electrons. The number of imide groups is 1. The average Bonchev–Trinajstić information content (AvgIpc) is 2.54. The molecule has 88 valence electrons. The summed E-state index contributed by atoms with van der Waals surface area (Å²) >= 11 is 0. The SMILES string of the molecule is CC1NC(=O)N(c2cccc(NC=O)c2)C1=O. The van der Waals surface area contributed by atoms with Gasteiger partial charge in [-0.1, -0.05) is 6.07 Å². The first kappa shape index (κ1) is 11.1. The van der Waals surface area contributed by atoms with Gasteiger partial charge in [-0.2, -0.15) is 0 Å². The van der Waals surface area contributed by atoms with Crippen molar-refractivity contribution < 1.29 is 14.4 Å². The van der Waals surface area contributed by atoms with Crippen molar-refractivity contribution in [3.63, 3.8) is 0 Å². The van der Waals surface area contributed by atoms with Crippen LogP contribution < -0.4 is 15.5 Å². The zero-order chi connectivity index (χ0) is 12.4. The first-order valence-corrected chi connectivity index (χ1v) is 5.08. The summed E-state index contributed by atoms with van der Waals surface area (Å²) in [7, 11) is 0. The minimum Gasteiger partial charge on any atom is -0.329 e. The van der Waals surface area contributed by atoms with E-state index in [1.54, 1.807) is 31.2 Å².